The summed E-state index contributed by atoms with van der Waals surface area (Å²) in [5, 5.41) is 19.0. The molecule has 0 amide bonds. The van der Waals surface area contributed by atoms with Crippen molar-refractivity contribution in [1.29, 1.82) is 0 Å². The monoisotopic (exact) mass is 222 g/mol. The van der Waals surface area contributed by atoms with Crippen molar-refractivity contribution >= 4 is 0 Å². The molecule has 0 aliphatic carbocycles. The summed E-state index contributed by atoms with van der Waals surface area (Å²) in [5.74, 6) is -1.77. The minimum atomic E-state index is -0.581. The minimum absolute atomic E-state index is 0.249. The topological polar surface area (TPSA) is 40.5 Å². The molecule has 2 N–H and O–H groups in total. The maximum Gasteiger partial charge on any atom is 0.126 e. The van der Waals surface area contributed by atoms with Crippen LogP contribution < -0.4 is 0 Å². The van der Waals surface area contributed by atoms with E-state index < -0.39 is 11.6 Å². The molecule has 2 aromatic rings. The molecule has 0 aliphatic rings. The lowest BCUT2D eigenvalue weighted by Crippen LogP contribution is -1.83. The van der Waals surface area contributed by atoms with Crippen LogP contribution in [0.15, 0.2) is 36.4 Å². The number of phenolic OH excluding ortho intramolecular Hbond substituents is 2. The largest absolute Gasteiger partial charge is 0.507 e. The minimum Gasteiger partial charge on any atom is -0.507 e. The number of hydrogen-bond acceptors (Lipinski definition) is 2. The van der Waals surface area contributed by atoms with E-state index in [1.807, 2.05) is 0 Å². The molecule has 2 nitrogen and oxygen atoms in total. The van der Waals surface area contributed by atoms with E-state index in [0.29, 0.717) is 0 Å². The van der Waals surface area contributed by atoms with Crippen LogP contribution in [0.3, 0.4) is 0 Å². The molecule has 2 rings (SSSR count). The van der Waals surface area contributed by atoms with Crippen LogP contribution >= 0.6 is 0 Å². The van der Waals surface area contributed by atoms with Crippen molar-refractivity contribution in [2.24, 2.45) is 0 Å². The van der Waals surface area contributed by atoms with E-state index in [2.05, 4.69) is 0 Å². The maximum atomic E-state index is 12.7. The highest BCUT2D eigenvalue weighted by atomic mass is 19.1. The first kappa shape index (κ1) is 10.4. The molecule has 0 saturated carbocycles. The number of benzene rings is 2. The molecular formula is C12H8F2O2. The molecule has 0 bridgehead atoms. The quantitative estimate of drug-likeness (QED) is 0.778. The van der Waals surface area contributed by atoms with Gasteiger partial charge in [0.05, 0.1) is 0 Å². The lowest BCUT2D eigenvalue weighted by molar-refractivity contribution is 0.462. The summed E-state index contributed by atoms with van der Waals surface area (Å²) >= 11 is 0. The molecule has 0 aromatic heterocycles. The summed E-state index contributed by atoms with van der Waals surface area (Å²) in [4.78, 5) is 0. The van der Waals surface area contributed by atoms with Crippen molar-refractivity contribution in [2.45, 2.75) is 0 Å². The van der Waals surface area contributed by atoms with Gasteiger partial charge in [-0.3, -0.25) is 0 Å². The SMILES string of the molecule is Oc1cc(F)ccc1-c1ccc(F)cc1O. The van der Waals surface area contributed by atoms with Crippen molar-refractivity contribution in [1.82, 2.24) is 0 Å². The summed E-state index contributed by atoms with van der Waals surface area (Å²) in [7, 11) is 0. The van der Waals surface area contributed by atoms with Crippen LogP contribution in [0.1, 0.15) is 0 Å². The van der Waals surface area contributed by atoms with Crippen molar-refractivity contribution in [3.05, 3.63) is 48.0 Å². The number of halogens is 2. The highest BCUT2D eigenvalue weighted by Crippen LogP contribution is 2.35. The number of aromatic hydroxyl groups is 2. The van der Waals surface area contributed by atoms with Crippen LogP contribution in [0, 0.1) is 11.6 Å². The smallest absolute Gasteiger partial charge is 0.126 e. The van der Waals surface area contributed by atoms with E-state index in [-0.39, 0.29) is 22.6 Å². The summed E-state index contributed by atoms with van der Waals surface area (Å²) in [6.45, 7) is 0. The normalized spacial score (nSPS) is 10.4. The van der Waals surface area contributed by atoms with Gasteiger partial charge in [-0.1, -0.05) is 0 Å². The predicted molar refractivity (Wildman–Crippen MR) is 55.1 cm³/mol. The highest BCUT2D eigenvalue weighted by molar-refractivity contribution is 5.75. The molecule has 4 heteroatoms. The second-order valence-corrected chi connectivity index (χ2v) is 3.32. The molecule has 0 unspecified atom stereocenters. The Morgan fingerprint density at radius 3 is 1.38 bits per heavy atom. The van der Waals surface area contributed by atoms with Gasteiger partial charge in [0.2, 0.25) is 0 Å². The predicted octanol–water partition coefficient (Wildman–Crippen LogP) is 3.04. The molecule has 0 fully saturated rings. The molecular weight excluding hydrogens is 214 g/mol. The van der Waals surface area contributed by atoms with Gasteiger partial charge in [-0.2, -0.15) is 0 Å². The molecule has 0 saturated heterocycles. The van der Waals surface area contributed by atoms with Gasteiger partial charge in [-0.15, -0.1) is 0 Å². The van der Waals surface area contributed by atoms with Crippen molar-refractivity contribution < 1.29 is 19.0 Å². The molecule has 0 aliphatic heterocycles. The summed E-state index contributed by atoms with van der Waals surface area (Å²) in [6, 6.07) is 6.79. The molecule has 82 valence electrons. The van der Waals surface area contributed by atoms with E-state index in [9.17, 15) is 19.0 Å². The van der Waals surface area contributed by atoms with Gasteiger partial charge >= 0.3 is 0 Å². The molecule has 0 radical (unpaired) electrons. The van der Waals surface area contributed by atoms with Gasteiger partial charge in [-0.05, 0) is 24.3 Å². The van der Waals surface area contributed by atoms with Crippen molar-refractivity contribution in [3.8, 4) is 22.6 Å². The second-order valence-electron chi connectivity index (χ2n) is 3.32. The third-order valence-electron chi connectivity index (χ3n) is 2.21. The fourth-order valence-corrected chi connectivity index (χ4v) is 1.47. The van der Waals surface area contributed by atoms with Crippen LogP contribution in [-0.4, -0.2) is 10.2 Å². The van der Waals surface area contributed by atoms with Gasteiger partial charge in [0.1, 0.15) is 23.1 Å². The number of rotatable bonds is 1. The Morgan fingerprint density at radius 1 is 0.688 bits per heavy atom. The Morgan fingerprint density at radius 2 is 1.06 bits per heavy atom. The Kier molecular flexibility index (Phi) is 2.48. The summed E-state index contributed by atoms with van der Waals surface area (Å²) < 4.78 is 25.5. The zero-order chi connectivity index (χ0) is 11.7. The Labute approximate surface area is 90.4 Å². The van der Waals surface area contributed by atoms with Gasteiger partial charge in [0.15, 0.2) is 0 Å². The van der Waals surface area contributed by atoms with Gasteiger partial charge < -0.3 is 10.2 Å². The molecule has 0 atom stereocenters. The lowest BCUT2D eigenvalue weighted by Gasteiger charge is -2.07. The van der Waals surface area contributed by atoms with Crippen LogP contribution in [0.4, 0.5) is 8.78 Å². The Balaban J connectivity index is 2.59. The first-order valence-electron chi connectivity index (χ1n) is 4.55. The van der Waals surface area contributed by atoms with Crippen molar-refractivity contribution in [3.63, 3.8) is 0 Å². The van der Waals surface area contributed by atoms with Crippen LogP contribution in [0.25, 0.3) is 11.1 Å². The second kappa shape index (κ2) is 3.81. The molecule has 16 heavy (non-hydrogen) atoms. The van der Waals surface area contributed by atoms with E-state index in [0.717, 1.165) is 24.3 Å². The molecule has 2 aromatic carbocycles. The Hall–Kier alpha value is -2.10. The average Bonchev–Trinajstić information content (AvgIpc) is 2.19. The zero-order valence-corrected chi connectivity index (χ0v) is 8.11. The van der Waals surface area contributed by atoms with Crippen LogP contribution in [-0.2, 0) is 0 Å². The van der Waals surface area contributed by atoms with Gasteiger partial charge in [0, 0.05) is 23.3 Å². The first-order valence-corrected chi connectivity index (χ1v) is 4.55. The van der Waals surface area contributed by atoms with Gasteiger partial charge in [0.25, 0.3) is 0 Å². The maximum absolute atomic E-state index is 12.7. The number of hydrogen-bond donors (Lipinski definition) is 2. The molecule has 0 heterocycles. The lowest BCUT2D eigenvalue weighted by atomic mass is 10.0. The van der Waals surface area contributed by atoms with E-state index in [4.69, 9.17) is 0 Å². The van der Waals surface area contributed by atoms with Gasteiger partial charge in [-0.25, -0.2) is 8.78 Å². The van der Waals surface area contributed by atoms with Crippen LogP contribution in [0.2, 0.25) is 0 Å². The zero-order valence-electron chi connectivity index (χ0n) is 8.11. The van der Waals surface area contributed by atoms with Crippen LogP contribution in [0.5, 0.6) is 11.5 Å². The van der Waals surface area contributed by atoms with Crippen molar-refractivity contribution in [2.75, 3.05) is 0 Å². The third kappa shape index (κ3) is 1.82. The fraction of sp³-hybridized carbons (Fsp3) is 0. The average molecular weight is 222 g/mol. The van der Waals surface area contributed by atoms with E-state index in [1.165, 1.54) is 12.1 Å². The van der Waals surface area contributed by atoms with E-state index in [1.54, 1.807) is 0 Å². The number of phenols is 2. The standard InChI is InChI=1S/C12H8F2O2/c13-7-1-3-9(11(15)5-7)10-4-2-8(14)6-12(10)16/h1-6,15-16H. The summed E-state index contributed by atoms with van der Waals surface area (Å²) in [6.07, 6.45) is 0. The third-order valence-corrected chi connectivity index (χ3v) is 2.21. The molecule has 0 spiro atoms. The first-order chi connectivity index (χ1) is 7.58. The highest BCUT2D eigenvalue weighted by Gasteiger charge is 2.10. The Bertz CT molecular complexity index is 489. The summed E-state index contributed by atoms with van der Waals surface area (Å²) in [5.41, 5.74) is 0.498. The fourth-order valence-electron chi connectivity index (χ4n) is 1.47. The van der Waals surface area contributed by atoms with E-state index >= 15 is 0 Å².